The molecule has 0 fully saturated rings. The fraction of sp³-hybridized carbons (Fsp3) is 0.200. The number of hydrogen-bond acceptors (Lipinski definition) is 2. The maximum atomic E-state index is 12.5. The Bertz CT molecular complexity index is 547. The molecule has 0 bridgehead atoms. The Labute approximate surface area is 91.0 Å². The van der Waals surface area contributed by atoms with E-state index in [1.54, 1.807) is 5.25 Å². The summed E-state index contributed by atoms with van der Waals surface area (Å²) in [7, 11) is -3.61. The van der Waals surface area contributed by atoms with Gasteiger partial charge in [-0.15, -0.1) is 0 Å². The lowest BCUT2D eigenvalue weighted by atomic mass is 10.1. The second kappa shape index (κ2) is 4.18. The zero-order chi connectivity index (χ0) is 12.4. The molecule has 0 aliphatic rings. The molecule has 0 aliphatic carbocycles. The molecule has 0 aliphatic heterocycles. The Kier molecular flexibility index (Phi) is 3.29. The first-order chi connectivity index (χ1) is 7.20. The number of hydrogen-bond donors (Lipinski definition) is 0. The molecule has 0 spiro atoms. The molecule has 86 valence electrons. The summed E-state index contributed by atoms with van der Waals surface area (Å²) in [5.41, 5.74) is -1.29. The highest BCUT2D eigenvalue weighted by Crippen LogP contribution is 2.31. The summed E-state index contributed by atoms with van der Waals surface area (Å²) in [5, 5.41) is 1.77. The van der Waals surface area contributed by atoms with Gasteiger partial charge in [0.05, 0.1) is 11.8 Å². The van der Waals surface area contributed by atoms with Gasteiger partial charge < -0.3 is 0 Å². The minimum absolute atomic E-state index is 0.347. The van der Waals surface area contributed by atoms with Gasteiger partial charge in [-0.05, 0) is 18.1 Å². The molecule has 0 saturated heterocycles. The van der Waals surface area contributed by atoms with Gasteiger partial charge in [-0.1, -0.05) is 12.1 Å². The smallest absolute Gasteiger partial charge is 0.216 e. The predicted molar refractivity (Wildman–Crippen MR) is 53.2 cm³/mol. The van der Waals surface area contributed by atoms with E-state index in [1.807, 2.05) is 5.92 Å². The average molecular weight is 248 g/mol. The number of benzene rings is 1. The lowest BCUT2D eigenvalue weighted by Gasteiger charge is -2.07. The Morgan fingerprint density at radius 2 is 1.75 bits per heavy atom. The highest BCUT2D eigenvalue weighted by molar-refractivity contribution is 7.95. The van der Waals surface area contributed by atoms with Crippen LogP contribution >= 0.6 is 0 Å². The van der Waals surface area contributed by atoms with Gasteiger partial charge in [0.15, 0.2) is 0 Å². The number of alkyl halides is 3. The largest absolute Gasteiger partial charge is 0.417 e. The van der Waals surface area contributed by atoms with Crippen molar-refractivity contribution in [2.24, 2.45) is 0 Å². The Balaban J connectivity index is 3.30. The van der Waals surface area contributed by atoms with E-state index in [9.17, 15) is 21.6 Å². The van der Waals surface area contributed by atoms with Crippen LogP contribution in [0.1, 0.15) is 11.1 Å². The summed E-state index contributed by atoms with van der Waals surface area (Å²) in [5.74, 6) is 2.00. The average Bonchev–Trinajstić information content (AvgIpc) is 2.12. The van der Waals surface area contributed by atoms with E-state index in [0.29, 0.717) is 0 Å². The molecule has 0 saturated carbocycles. The molecule has 0 atom stereocenters. The van der Waals surface area contributed by atoms with E-state index in [2.05, 4.69) is 0 Å². The van der Waals surface area contributed by atoms with E-state index >= 15 is 0 Å². The highest BCUT2D eigenvalue weighted by atomic mass is 32.2. The first-order valence-corrected chi connectivity index (χ1v) is 5.98. The Morgan fingerprint density at radius 1 is 1.19 bits per heavy atom. The van der Waals surface area contributed by atoms with Crippen LogP contribution in [0.3, 0.4) is 0 Å². The molecule has 0 heterocycles. The fourth-order valence-electron chi connectivity index (χ4n) is 0.987. The molecule has 1 rings (SSSR count). The summed E-state index contributed by atoms with van der Waals surface area (Å²) >= 11 is 0. The molecular weight excluding hydrogens is 241 g/mol. The van der Waals surface area contributed by atoms with Gasteiger partial charge in [-0.2, -0.15) is 13.2 Å². The standard InChI is InChI=1S/C10H7F3O2S/c1-16(14,15)7-6-8-4-2-3-5-9(8)10(11,12)13/h2-5H,1H3. The van der Waals surface area contributed by atoms with Gasteiger partial charge in [0, 0.05) is 10.8 Å². The number of rotatable bonds is 0. The lowest BCUT2D eigenvalue weighted by Crippen LogP contribution is -2.07. The first-order valence-electron chi connectivity index (χ1n) is 4.09. The molecule has 16 heavy (non-hydrogen) atoms. The second-order valence-electron chi connectivity index (χ2n) is 3.04. The van der Waals surface area contributed by atoms with Crippen LogP contribution in [-0.4, -0.2) is 14.7 Å². The SMILES string of the molecule is CS(=O)(=O)C#Cc1ccccc1C(F)(F)F. The monoisotopic (exact) mass is 248 g/mol. The zero-order valence-electron chi connectivity index (χ0n) is 8.17. The van der Waals surface area contributed by atoms with Crippen molar-refractivity contribution in [3.63, 3.8) is 0 Å². The van der Waals surface area contributed by atoms with Crippen LogP contribution in [-0.2, 0) is 16.0 Å². The maximum Gasteiger partial charge on any atom is 0.417 e. The topological polar surface area (TPSA) is 34.1 Å². The van der Waals surface area contributed by atoms with Gasteiger partial charge in [-0.3, -0.25) is 0 Å². The van der Waals surface area contributed by atoms with Crippen molar-refractivity contribution in [1.29, 1.82) is 0 Å². The van der Waals surface area contributed by atoms with Crippen LogP contribution in [0.25, 0.3) is 0 Å². The van der Waals surface area contributed by atoms with Gasteiger partial charge >= 0.3 is 6.18 Å². The third-order valence-electron chi connectivity index (χ3n) is 1.60. The minimum Gasteiger partial charge on any atom is -0.216 e. The van der Waals surface area contributed by atoms with E-state index in [-0.39, 0.29) is 5.56 Å². The molecule has 0 radical (unpaired) electrons. The molecule has 2 nitrogen and oxygen atoms in total. The maximum absolute atomic E-state index is 12.5. The van der Waals surface area contributed by atoms with Gasteiger partial charge in [-0.25, -0.2) is 8.42 Å². The number of halogens is 3. The van der Waals surface area contributed by atoms with E-state index in [0.717, 1.165) is 18.4 Å². The van der Waals surface area contributed by atoms with E-state index < -0.39 is 21.6 Å². The van der Waals surface area contributed by atoms with Crippen LogP contribution < -0.4 is 0 Å². The summed E-state index contributed by atoms with van der Waals surface area (Å²) in [6, 6.07) is 4.56. The highest BCUT2D eigenvalue weighted by Gasteiger charge is 2.32. The van der Waals surface area contributed by atoms with Crippen LogP contribution in [0.2, 0.25) is 0 Å². The fourth-order valence-corrected chi connectivity index (χ4v) is 1.28. The molecule has 0 unspecified atom stereocenters. The van der Waals surface area contributed by atoms with Crippen molar-refractivity contribution in [2.45, 2.75) is 6.18 Å². The van der Waals surface area contributed by atoms with Crippen LogP contribution in [0.5, 0.6) is 0 Å². The molecule has 1 aromatic rings. The quantitative estimate of drug-likeness (QED) is 0.658. The summed E-state index contributed by atoms with van der Waals surface area (Å²) in [6.07, 6.45) is -3.71. The molecule has 1 aromatic carbocycles. The van der Waals surface area contributed by atoms with Crippen molar-refractivity contribution in [3.8, 4) is 11.2 Å². The second-order valence-corrected chi connectivity index (χ2v) is 4.79. The zero-order valence-corrected chi connectivity index (χ0v) is 8.98. The summed E-state index contributed by atoms with van der Waals surface area (Å²) in [6.45, 7) is 0. The van der Waals surface area contributed by atoms with Crippen molar-refractivity contribution < 1.29 is 21.6 Å². The predicted octanol–water partition coefficient (Wildman–Crippen LogP) is 2.06. The molecular formula is C10H7F3O2S. The van der Waals surface area contributed by atoms with Gasteiger partial charge in [0.1, 0.15) is 0 Å². The molecule has 6 heteroatoms. The van der Waals surface area contributed by atoms with Gasteiger partial charge in [0.2, 0.25) is 9.84 Å². The Morgan fingerprint density at radius 3 is 2.25 bits per heavy atom. The van der Waals surface area contributed by atoms with Crippen LogP contribution in [0.4, 0.5) is 13.2 Å². The van der Waals surface area contributed by atoms with Crippen LogP contribution in [0, 0.1) is 11.2 Å². The molecule has 0 amide bonds. The third kappa shape index (κ3) is 3.59. The van der Waals surface area contributed by atoms with Gasteiger partial charge in [0.25, 0.3) is 0 Å². The third-order valence-corrected chi connectivity index (χ3v) is 2.08. The van der Waals surface area contributed by atoms with E-state index in [1.165, 1.54) is 12.1 Å². The van der Waals surface area contributed by atoms with Crippen molar-refractivity contribution in [2.75, 3.05) is 6.26 Å². The normalized spacial score (nSPS) is 11.8. The van der Waals surface area contributed by atoms with Crippen molar-refractivity contribution >= 4 is 9.84 Å². The van der Waals surface area contributed by atoms with E-state index in [4.69, 9.17) is 0 Å². The van der Waals surface area contributed by atoms with Crippen molar-refractivity contribution in [1.82, 2.24) is 0 Å². The first kappa shape index (κ1) is 12.6. The molecule has 0 N–H and O–H groups in total. The van der Waals surface area contributed by atoms with Crippen LogP contribution in [0.15, 0.2) is 24.3 Å². The minimum atomic E-state index is -4.54. The molecule has 0 aromatic heterocycles. The van der Waals surface area contributed by atoms with Crippen molar-refractivity contribution in [3.05, 3.63) is 35.4 Å². The lowest BCUT2D eigenvalue weighted by molar-refractivity contribution is -0.137. The summed E-state index contributed by atoms with van der Waals surface area (Å²) < 4.78 is 58.8. The number of sulfone groups is 1. The Hall–Kier alpha value is -1.48. The summed E-state index contributed by atoms with van der Waals surface area (Å²) in [4.78, 5) is 0.